The van der Waals surface area contributed by atoms with E-state index in [1.54, 1.807) is 6.20 Å². The number of carbonyl (C=O) groups excluding carboxylic acids is 1. The summed E-state index contributed by atoms with van der Waals surface area (Å²) in [7, 11) is 0. The highest BCUT2D eigenvalue weighted by molar-refractivity contribution is 5.94. The lowest BCUT2D eigenvalue weighted by atomic mass is 9.91. The molecule has 1 aromatic heterocycles. The van der Waals surface area contributed by atoms with Crippen molar-refractivity contribution in [2.75, 3.05) is 31.1 Å². The van der Waals surface area contributed by atoms with Gasteiger partial charge < -0.3 is 10.6 Å². The molecule has 3 rings (SSSR count). The summed E-state index contributed by atoms with van der Waals surface area (Å²) < 4.78 is 0. The summed E-state index contributed by atoms with van der Waals surface area (Å²) in [5, 5.41) is 6.45. The Morgan fingerprint density at radius 2 is 2.24 bits per heavy atom. The van der Waals surface area contributed by atoms with Gasteiger partial charge >= 0.3 is 6.03 Å². The van der Waals surface area contributed by atoms with Crippen LogP contribution >= 0.6 is 0 Å². The van der Waals surface area contributed by atoms with Gasteiger partial charge in [0.05, 0.1) is 11.4 Å². The lowest BCUT2D eigenvalue weighted by Crippen LogP contribution is -2.44. The van der Waals surface area contributed by atoms with Gasteiger partial charge in [0.15, 0.2) is 0 Å². The first-order valence-corrected chi connectivity index (χ1v) is 7.79. The Hall–Kier alpha value is -1.62. The predicted molar refractivity (Wildman–Crippen MR) is 83.6 cm³/mol. The summed E-state index contributed by atoms with van der Waals surface area (Å²) in [6, 6.07) is 3.89. The van der Waals surface area contributed by atoms with Crippen molar-refractivity contribution in [1.29, 1.82) is 0 Å². The van der Waals surface area contributed by atoms with Crippen LogP contribution in [0.5, 0.6) is 0 Å². The number of rotatable bonds is 2. The molecule has 2 amide bonds. The van der Waals surface area contributed by atoms with Gasteiger partial charge in [0.1, 0.15) is 0 Å². The Morgan fingerprint density at radius 3 is 3.00 bits per heavy atom. The minimum absolute atomic E-state index is 0.00774. The van der Waals surface area contributed by atoms with Crippen molar-refractivity contribution in [2.45, 2.75) is 32.1 Å². The normalized spacial score (nSPS) is 21.1. The average molecular weight is 288 g/mol. The van der Waals surface area contributed by atoms with Gasteiger partial charge in [0.25, 0.3) is 0 Å². The van der Waals surface area contributed by atoms with Gasteiger partial charge in [-0.2, -0.15) is 0 Å². The fraction of sp³-hybridized carbons (Fsp3) is 0.625. The number of carbonyl (C=O) groups is 1. The van der Waals surface area contributed by atoms with E-state index in [0.29, 0.717) is 12.5 Å². The van der Waals surface area contributed by atoms with Crippen molar-refractivity contribution in [3.8, 4) is 0 Å². The Balaban J connectivity index is 1.65. The van der Waals surface area contributed by atoms with Gasteiger partial charge in [-0.1, -0.05) is 13.8 Å². The average Bonchev–Trinajstić information content (AvgIpc) is 2.78. The third-order valence-electron chi connectivity index (χ3n) is 4.52. The Kier molecular flexibility index (Phi) is 3.85. The SMILES string of the molecule is CC1(C)CN(C(=O)NCC2CCNCC2)c2cccnc21. The number of amides is 2. The molecule has 5 heteroatoms. The van der Waals surface area contributed by atoms with Crippen LogP contribution in [-0.2, 0) is 5.41 Å². The number of fused-ring (bicyclic) bond motifs is 1. The monoisotopic (exact) mass is 288 g/mol. The number of anilines is 1. The number of nitrogens with zero attached hydrogens (tertiary/aromatic N) is 2. The van der Waals surface area contributed by atoms with E-state index in [-0.39, 0.29) is 11.4 Å². The van der Waals surface area contributed by atoms with Gasteiger partial charge in [0, 0.05) is 24.7 Å². The number of aromatic nitrogens is 1. The largest absolute Gasteiger partial charge is 0.337 e. The molecule has 0 saturated carbocycles. The van der Waals surface area contributed by atoms with Crippen LogP contribution in [-0.4, -0.2) is 37.2 Å². The van der Waals surface area contributed by atoms with Gasteiger partial charge in [-0.15, -0.1) is 0 Å². The van der Waals surface area contributed by atoms with Crippen molar-refractivity contribution in [3.63, 3.8) is 0 Å². The summed E-state index contributed by atoms with van der Waals surface area (Å²) in [5.74, 6) is 0.596. The first-order chi connectivity index (χ1) is 10.1. The third kappa shape index (κ3) is 2.88. The van der Waals surface area contributed by atoms with Crippen molar-refractivity contribution >= 4 is 11.7 Å². The highest BCUT2D eigenvalue weighted by Gasteiger charge is 2.39. The molecule has 1 saturated heterocycles. The van der Waals surface area contributed by atoms with Crippen LogP contribution in [0.4, 0.5) is 10.5 Å². The molecule has 2 N–H and O–H groups in total. The molecule has 2 aliphatic heterocycles. The summed E-state index contributed by atoms with van der Waals surface area (Å²) in [6.07, 6.45) is 4.09. The number of piperidine rings is 1. The van der Waals surface area contributed by atoms with Crippen LogP contribution in [0.1, 0.15) is 32.4 Å². The lowest BCUT2D eigenvalue weighted by molar-refractivity contribution is 0.241. The molecule has 0 atom stereocenters. The van der Waals surface area contributed by atoms with E-state index in [4.69, 9.17) is 0 Å². The van der Waals surface area contributed by atoms with Gasteiger partial charge in [-0.3, -0.25) is 9.88 Å². The standard InChI is InChI=1S/C16H24N4O/c1-16(2)11-20(13-4-3-7-18-14(13)16)15(21)19-10-12-5-8-17-9-6-12/h3-4,7,12,17H,5-6,8-11H2,1-2H3,(H,19,21). The van der Waals surface area contributed by atoms with Crippen LogP contribution in [0.15, 0.2) is 18.3 Å². The van der Waals surface area contributed by atoms with E-state index in [0.717, 1.165) is 43.9 Å². The zero-order valence-corrected chi connectivity index (χ0v) is 12.9. The molecule has 1 fully saturated rings. The topological polar surface area (TPSA) is 57.3 Å². The first-order valence-electron chi connectivity index (χ1n) is 7.79. The Labute approximate surface area is 126 Å². The molecule has 0 unspecified atom stereocenters. The molecular formula is C16H24N4O. The van der Waals surface area contributed by atoms with Crippen LogP contribution in [0.25, 0.3) is 0 Å². The zero-order valence-electron chi connectivity index (χ0n) is 12.9. The van der Waals surface area contributed by atoms with Crippen LogP contribution < -0.4 is 15.5 Å². The minimum Gasteiger partial charge on any atom is -0.337 e. The van der Waals surface area contributed by atoms with Gasteiger partial charge in [0.2, 0.25) is 0 Å². The number of urea groups is 1. The maximum absolute atomic E-state index is 12.5. The molecule has 1 aromatic rings. The zero-order chi connectivity index (χ0) is 14.9. The fourth-order valence-electron chi connectivity index (χ4n) is 3.29. The number of nitrogens with one attached hydrogen (secondary N) is 2. The maximum Gasteiger partial charge on any atom is 0.321 e. The number of hydrogen-bond donors (Lipinski definition) is 2. The van der Waals surface area contributed by atoms with Crippen LogP contribution in [0.3, 0.4) is 0 Å². The molecule has 0 aliphatic carbocycles. The van der Waals surface area contributed by atoms with E-state index in [1.807, 2.05) is 17.0 Å². The molecule has 0 radical (unpaired) electrons. The second-order valence-corrected chi connectivity index (χ2v) is 6.72. The molecule has 0 spiro atoms. The van der Waals surface area contributed by atoms with E-state index < -0.39 is 0 Å². The molecular weight excluding hydrogens is 264 g/mol. The Bertz CT molecular complexity index is 523. The van der Waals surface area contributed by atoms with Crippen LogP contribution in [0, 0.1) is 5.92 Å². The third-order valence-corrected chi connectivity index (χ3v) is 4.52. The van der Waals surface area contributed by atoms with E-state index in [9.17, 15) is 4.79 Å². The van der Waals surface area contributed by atoms with E-state index in [2.05, 4.69) is 29.5 Å². The summed E-state index contributed by atoms with van der Waals surface area (Å²) >= 11 is 0. The number of pyridine rings is 1. The van der Waals surface area contributed by atoms with Crippen molar-refractivity contribution < 1.29 is 4.79 Å². The molecule has 3 heterocycles. The number of hydrogen-bond acceptors (Lipinski definition) is 3. The summed E-state index contributed by atoms with van der Waals surface area (Å²) in [6.45, 7) is 7.86. The van der Waals surface area contributed by atoms with Crippen molar-refractivity contribution in [2.24, 2.45) is 5.92 Å². The minimum atomic E-state index is -0.0807. The molecule has 5 nitrogen and oxygen atoms in total. The van der Waals surface area contributed by atoms with E-state index >= 15 is 0 Å². The first kappa shape index (κ1) is 14.3. The smallest absolute Gasteiger partial charge is 0.321 e. The predicted octanol–water partition coefficient (Wildman–Crippen LogP) is 1.89. The molecule has 21 heavy (non-hydrogen) atoms. The fourth-order valence-corrected chi connectivity index (χ4v) is 3.29. The van der Waals surface area contributed by atoms with Crippen molar-refractivity contribution in [1.82, 2.24) is 15.6 Å². The second-order valence-electron chi connectivity index (χ2n) is 6.72. The maximum atomic E-state index is 12.5. The highest BCUT2D eigenvalue weighted by atomic mass is 16.2. The lowest BCUT2D eigenvalue weighted by Gasteiger charge is -2.25. The summed E-state index contributed by atoms with van der Waals surface area (Å²) in [5.41, 5.74) is 1.88. The van der Waals surface area contributed by atoms with Crippen molar-refractivity contribution in [3.05, 3.63) is 24.0 Å². The molecule has 114 valence electrons. The quantitative estimate of drug-likeness (QED) is 0.874. The van der Waals surface area contributed by atoms with E-state index in [1.165, 1.54) is 0 Å². The highest BCUT2D eigenvalue weighted by Crippen LogP contribution is 2.38. The van der Waals surface area contributed by atoms with Gasteiger partial charge in [-0.05, 0) is 44.0 Å². The molecule has 0 aromatic carbocycles. The Morgan fingerprint density at radius 1 is 1.48 bits per heavy atom. The molecule has 0 bridgehead atoms. The van der Waals surface area contributed by atoms with Crippen LogP contribution in [0.2, 0.25) is 0 Å². The van der Waals surface area contributed by atoms with Gasteiger partial charge in [-0.25, -0.2) is 4.79 Å². The summed E-state index contributed by atoms with van der Waals surface area (Å²) in [4.78, 5) is 18.8. The molecule has 2 aliphatic rings. The second kappa shape index (κ2) is 5.64.